The number of rotatable bonds is 6. The van der Waals surface area contributed by atoms with Gasteiger partial charge in [0.05, 0.1) is 38.2 Å². The molecular weight excluding hydrogens is 392 g/mol. The Balaban J connectivity index is 1.54. The van der Waals surface area contributed by atoms with Crippen molar-refractivity contribution in [1.29, 1.82) is 0 Å². The monoisotopic (exact) mass is 419 g/mol. The van der Waals surface area contributed by atoms with Crippen LogP contribution in [0.5, 0.6) is 5.75 Å². The number of hydrogen-bond acceptors (Lipinski definition) is 5. The molecule has 1 fully saturated rings. The van der Waals surface area contributed by atoms with Crippen LogP contribution in [0.15, 0.2) is 53.4 Å². The van der Waals surface area contributed by atoms with Gasteiger partial charge in [-0.2, -0.15) is 0 Å². The van der Waals surface area contributed by atoms with Crippen LogP contribution >= 0.6 is 0 Å². The van der Waals surface area contributed by atoms with Crippen LogP contribution in [0.2, 0.25) is 0 Å². The molecular formula is C20H27N4O4S+. The van der Waals surface area contributed by atoms with E-state index in [9.17, 15) is 13.2 Å². The summed E-state index contributed by atoms with van der Waals surface area (Å²) in [6.07, 6.45) is 0. The number of hydrogen-bond donors (Lipinski definition) is 3. The summed E-state index contributed by atoms with van der Waals surface area (Å²) in [5.74, 6) is 0.738. The summed E-state index contributed by atoms with van der Waals surface area (Å²) < 4.78 is 27.8. The molecule has 29 heavy (non-hydrogen) atoms. The van der Waals surface area contributed by atoms with Crippen LogP contribution < -0.4 is 25.0 Å². The van der Waals surface area contributed by atoms with E-state index < -0.39 is 10.0 Å². The van der Waals surface area contributed by atoms with E-state index in [1.165, 1.54) is 17.0 Å². The van der Waals surface area contributed by atoms with Crippen LogP contribution in [-0.4, -0.2) is 53.7 Å². The molecule has 4 N–H and O–H groups in total. The minimum Gasteiger partial charge on any atom is -0.497 e. The fourth-order valence-electron chi connectivity index (χ4n) is 3.44. The fourth-order valence-corrected chi connectivity index (χ4v) is 3.96. The van der Waals surface area contributed by atoms with Gasteiger partial charge in [-0.3, -0.25) is 4.79 Å². The Bertz CT molecular complexity index is 937. The number of carbonyl (C=O) groups is 1. The van der Waals surface area contributed by atoms with E-state index in [0.717, 1.165) is 37.6 Å². The number of sulfonamides is 1. The van der Waals surface area contributed by atoms with Gasteiger partial charge < -0.3 is 19.9 Å². The molecule has 2 aromatic rings. The molecule has 0 aliphatic carbocycles. The number of quaternary nitrogens is 1. The maximum atomic E-state index is 12.6. The van der Waals surface area contributed by atoms with Gasteiger partial charge in [0.25, 0.3) is 5.91 Å². The predicted molar refractivity (Wildman–Crippen MR) is 112 cm³/mol. The zero-order valence-corrected chi connectivity index (χ0v) is 17.4. The van der Waals surface area contributed by atoms with E-state index in [1.807, 2.05) is 31.2 Å². The second-order valence-electron chi connectivity index (χ2n) is 7.12. The minimum atomic E-state index is -3.74. The van der Waals surface area contributed by atoms with E-state index in [-0.39, 0.29) is 16.8 Å². The third-order valence-corrected chi connectivity index (χ3v) is 6.23. The number of amides is 1. The fraction of sp³-hybridized carbons (Fsp3) is 0.350. The van der Waals surface area contributed by atoms with Crippen molar-refractivity contribution in [2.24, 2.45) is 5.14 Å². The Morgan fingerprint density at radius 1 is 1.10 bits per heavy atom. The third kappa shape index (κ3) is 5.26. The summed E-state index contributed by atoms with van der Waals surface area (Å²) in [7, 11) is -2.09. The molecule has 1 amide bonds. The SMILES string of the molecule is COc1ccc(N2CC[NH+]([C@@H](C)C(=O)Nc3ccc(S(N)(=O)=O)cc3)CC2)cc1. The Labute approximate surface area is 171 Å². The van der Waals surface area contributed by atoms with Crippen LogP contribution in [0, 0.1) is 0 Å². The molecule has 1 atom stereocenters. The van der Waals surface area contributed by atoms with E-state index in [0.29, 0.717) is 5.69 Å². The first kappa shape index (κ1) is 21.1. The molecule has 8 nitrogen and oxygen atoms in total. The van der Waals surface area contributed by atoms with Crippen molar-refractivity contribution >= 4 is 27.3 Å². The third-order valence-electron chi connectivity index (χ3n) is 5.30. The molecule has 2 aromatic carbocycles. The van der Waals surface area contributed by atoms with Crippen molar-refractivity contribution in [2.75, 3.05) is 43.5 Å². The first-order chi connectivity index (χ1) is 13.8. The number of nitrogens with one attached hydrogen (secondary N) is 2. The van der Waals surface area contributed by atoms with Crippen LogP contribution in [0.4, 0.5) is 11.4 Å². The van der Waals surface area contributed by atoms with Gasteiger partial charge in [-0.25, -0.2) is 13.6 Å². The molecule has 0 bridgehead atoms. The Morgan fingerprint density at radius 2 is 1.69 bits per heavy atom. The Morgan fingerprint density at radius 3 is 2.21 bits per heavy atom. The highest BCUT2D eigenvalue weighted by atomic mass is 32.2. The lowest BCUT2D eigenvalue weighted by atomic mass is 10.2. The van der Waals surface area contributed by atoms with E-state index >= 15 is 0 Å². The van der Waals surface area contributed by atoms with Crippen molar-refractivity contribution in [2.45, 2.75) is 17.9 Å². The molecule has 156 valence electrons. The summed E-state index contributed by atoms with van der Waals surface area (Å²) in [4.78, 5) is 16.2. The predicted octanol–water partition coefficient (Wildman–Crippen LogP) is 0.0747. The largest absolute Gasteiger partial charge is 0.497 e. The highest BCUT2D eigenvalue weighted by molar-refractivity contribution is 7.89. The number of ether oxygens (including phenoxy) is 1. The smallest absolute Gasteiger partial charge is 0.282 e. The summed E-state index contributed by atoms with van der Waals surface area (Å²) in [6, 6.07) is 13.6. The average Bonchev–Trinajstić information content (AvgIpc) is 2.73. The Hall–Kier alpha value is -2.62. The number of nitrogens with zero attached hydrogens (tertiary/aromatic N) is 1. The van der Waals surface area contributed by atoms with Gasteiger partial charge >= 0.3 is 0 Å². The quantitative estimate of drug-likeness (QED) is 0.615. The van der Waals surface area contributed by atoms with Gasteiger partial charge in [0.15, 0.2) is 6.04 Å². The van der Waals surface area contributed by atoms with Crippen LogP contribution in [-0.2, 0) is 14.8 Å². The normalized spacial score (nSPS) is 16.3. The lowest BCUT2D eigenvalue weighted by Gasteiger charge is -2.36. The Kier molecular flexibility index (Phi) is 6.41. The number of benzene rings is 2. The maximum absolute atomic E-state index is 12.6. The van der Waals surface area contributed by atoms with Gasteiger partial charge in [0, 0.05) is 11.4 Å². The van der Waals surface area contributed by atoms with Crippen molar-refractivity contribution in [1.82, 2.24) is 0 Å². The van der Waals surface area contributed by atoms with E-state index in [2.05, 4.69) is 10.2 Å². The van der Waals surface area contributed by atoms with Crippen molar-refractivity contribution in [3.05, 3.63) is 48.5 Å². The zero-order chi connectivity index (χ0) is 21.0. The number of piperazine rings is 1. The summed E-state index contributed by atoms with van der Waals surface area (Å²) >= 11 is 0. The number of carbonyl (C=O) groups excluding carboxylic acids is 1. The standard InChI is InChI=1S/C20H26N4O4S/c1-15(20(25)22-16-3-9-19(10-4-16)29(21,26)27)23-11-13-24(14-12-23)17-5-7-18(28-2)8-6-17/h3-10,15H,11-14H2,1-2H3,(H,22,25)(H2,21,26,27)/p+1/t15-/m0/s1. The number of primary sulfonamides is 1. The van der Waals surface area contributed by atoms with Gasteiger partial charge in [-0.15, -0.1) is 0 Å². The van der Waals surface area contributed by atoms with Gasteiger partial charge in [-0.1, -0.05) is 0 Å². The summed E-state index contributed by atoms with van der Waals surface area (Å²) in [5, 5.41) is 7.94. The number of nitrogens with two attached hydrogens (primary N) is 1. The number of anilines is 2. The van der Waals surface area contributed by atoms with Gasteiger partial charge in [0.1, 0.15) is 5.75 Å². The molecule has 1 saturated heterocycles. The van der Waals surface area contributed by atoms with Crippen molar-refractivity contribution in [3.63, 3.8) is 0 Å². The molecule has 1 heterocycles. The molecule has 0 radical (unpaired) electrons. The first-order valence-electron chi connectivity index (χ1n) is 9.45. The lowest BCUT2D eigenvalue weighted by molar-refractivity contribution is -0.914. The first-order valence-corrected chi connectivity index (χ1v) is 11.0. The molecule has 0 saturated carbocycles. The molecule has 0 spiro atoms. The van der Waals surface area contributed by atoms with E-state index in [4.69, 9.17) is 9.88 Å². The second kappa shape index (κ2) is 8.81. The van der Waals surface area contributed by atoms with Crippen molar-refractivity contribution in [3.8, 4) is 5.75 Å². The molecule has 3 rings (SSSR count). The van der Waals surface area contributed by atoms with Crippen molar-refractivity contribution < 1.29 is 22.8 Å². The van der Waals surface area contributed by atoms with Crippen LogP contribution in [0.1, 0.15) is 6.92 Å². The molecule has 0 aromatic heterocycles. The minimum absolute atomic E-state index is 0.0174. The molecule has 1 aliphatic heterocycles. The van der Waals surface area contributed by atoms with Gasteiger partial charge in [-0.05, 0) is 55.5 Å². The summed E-state index contributed by atoms with van der Waals surface area (Å²) in [5.41, 5.74) is 1.70. The molecule has 0 unspecified atom stereocenters. The zero-order valence-electron chi connectivity index (χ0n) is 16.6. The highest BCUT2D eigenvalue weighted by Crippen LogP contribution is 2.19. The van der Waals surface area contributed by atoms with E-state index in [1.54, 1.807) is 19.2 Å². The maximum Gasteiger partial charge on any atom is 0.282 e. The van der Waals surface area contributed by atoms with Crippen LogP contribution in [0.3, 0.4) is 0 Å². The second-order valence-corrected chi connectivity index (χ2v) is 8.69. The highest BCUT2D eigenvalue weighted by Gasteiger charge is 2.29. The van der Waals surface area contributed by atoms with Gasteiger partial charge in [0.2, 0.25) is 10.0 Å². The van der Waals surface area contributed by atoms with Crippen LogP contribution in [0.25, 0.3) is 0 Å². The molecule has 1 aliphatic rings. The number of methoxy groups -OCH3 is 1. The lowest BCUT2D eigenvalue weighted by Crippen LogP contribution is -3.19. The molecule has 9 heteroatoms. The summed E-state index contributed by atoms with van der Waals surface area (Å²) in [6.45, 7) is 5.34. The average molecular weight is 420 g/mol. The topological polar surface area (TPSA) is 106 Å².